The highest BCUT2D eigenvalue weighted by atomic mass is 35.5. The van der Waals surface area contributed by atoms with Crippen molar-refractivity contribution < 1.29 is 14.3 Å². The van der Waals surface area contributed by atoms with Crippen LogP contribution in [0.3, 0.4) is 0 Å². The van der Waals surface area contributed by atoms with E-state index in [1.807, 2.05) is 45.9 Å². The summed E-state index contributed by atoms with van der Waals surface area (Å²) in [5.74, 6) is 0.0714. The van der Waals surface area contributed by atoms with E-state index in [1.54, 1.807) is 25.1 Å². The predicted molar refractivity (Wildman–Crippen MR) is 126 cm³/mol. The minimum atomic E-state index is -0.726. The molecule has 7 heteroatoms. The summed E-state index contributed by atoms with van der Waals surface area (Å²) in [5, 5.41) is 3.81. The summed E-state index contributed by atoms with van der Waals surface area (Å²) >= 11 is 12.7. The lowest BCUT2D eigenvalue weighted by molar-refractivity contribution is -0.142. The molecule has 31 heavy (non-hydrogen) atoms. The molecule has 2 aromatic rings. The molecule has 0 aromatic heterocycles. The molecule has 2 rings (SSSR count). The molecule has 2 atom stereocenters. The number of ether oxygens (including phenoxy) is 1. The lowest BCUT2D eigenvalue weighted by Crippen LogP contribution is -2.50. The topological polar surface area (TPSA) is 58.6 Å². The summed E-state index contributed by atoms with van der Waals surface area (Å²) in [6.07, 6.45) is 0.790. The summed E-state index contributed by atoms with van der Waals surface area (Å²) in [5.41, 5.74) is 2.64. The van der Waals surface area contributed by atoms with Gasteiger partial charge >= 0.3 is 0 Å². The van der Waals surface area contributed by atoms with Crippen LogP contribution in [0.4, 0.5) is 0 Å². The van der Waals surface area contributed by atoms with Crippen molar-refractivity contribution in [3.05, 3.63) is 63.1 Å². The van der Waals surface area contributed by atoms with Crippen LogP contribution in [0.5, 0.6) is 5.75 Å². The zero-order valence-corrected chi connectivity index (χ0v) is 20.2. The normalized spacial score (nSPS) is 12.7. The van der Waals surface area contributed by atoms with Crippen molar-refractivity contribution in [1.82, 2.24) is 10.2 Å². The Kier molecular flexibility index (Phi) is 9.20. The van der Waals surface area contributed by atoms with Crippen LogP contribution >= 0.6 is 23.2 Å². The molecule has 0 aliphatic rings. The molecule has 0 aliphatic heterocycles. The monoisotopic (exact) mass is 464 g/mol. The van der Waals surface area contributed by atoms with Gasteiger partial charge in [-0.1, -0.05) is 48.3 Å². The zero-order valence-electron chi connectivity index (χ0n) is 18.7. The van der Waals surface area contributed by atoms with Crippen molar-refractivity contribution in [2.75, 3.05) is 6.61 Å². The van der Waals surface area contributed by atoms with Crippen LogP contribution in [0.2, 0.25) is 10.0 Å². The molecule has 168 valence electrons. The Balaban J connectivity index is 2.26. The van der Waals surface area contributed by atoms with Crippen molar-refractivity contribution in [3.8, 4) is 5.75 Å². The van der Waals surface area contributed by atoms with E-state index in [1.165, 1.54) is 4.90 Å². The first-order valence-corrected chi connectivity index (χ1v) is 11.1. The smallest absolute Gasteiger partial charge is 0.261 e. The maximum absolute atomic E-state index is 13.2. The molecule has 0 aliphatic carbocycles. The van der Waals surface area contributed by atoms with Gasteiger partial charge in [0.05, 0.1) is 0 Å². The van der Waals surface area contributed by atoms with E-state index in [9.17, 15) is 9.59 Å². The predicted octanol–water partition coefficient (Wildman–Crippen LogP) is 5.32. The quantitative estimate of drug-likeness (QED) is 0.545. The van der Waals surface area contributed by atoms with Gasteiger partial charge in [-0.2, -0.15) is 0 Å². The molecule has 0 heterocycles. The zero-order chi connectivity index (χ0) is 23.1. The third kappa shape index (κ3) is 6.62. The van der Waals surface area contributed by atoms with Crippen molar-refractivity contribution in [2.45, 2.75) is 59.7 Å². The maximum Gasteiger partial charge on any atom is 0.261 e. The lowest BCUT2D eigenvalue weighted by Gasteiger charge is -2.30. The van der Waals surface area contributed by atoms with Gasteiger partial charge in [0.1, 0.15) is 11.8 Å². The molecule has 2 amide bonds. The number of benzene rings is 2. The Morgan fingerprint density at radius 2 is 1.68 bits per heavy atom. The Morgan fingerprint density at radius 3 is 2.29 bits per heavy atom. The van der Waals surface area contributed by atoms with Crippen LogP contribution in [-0.2, 0) is 16.1 Å². The van der Waals surface area contributed by atoms with E-state index in [2.05, 4.69) is 5.32 Å². The van der Waals surface area contributed by atoms with E-state index in [-0.39, 0.29) is 31.0 Å². The SMILES string of the molecule is CC[C@@H](C)NC(=O)[C@@H](C)N(Cc1c(Cl)cccc1Cl)C(=O)COc1cccc(C)c1C. The standard InChI is InChI=1S/C24H30Cl2N2O3/c1-6-16(3)27-24(30)18(5)28(13-19-20(25)10-8-11-21(19)26)23(29)14-31-22-12-7-9-15(2)17(22)4/h7-12,16,18H,6,13-14H2,1-5H3,(H,27,30)/t16-,18-/m1/s1. The highest BCUT2D eigenvalue weighted by Gasteiger charge is 2.28. The van der Waals surface area contributed by atoms with Gasteiger partial charge in [-0.05, 0) is 63.4 Å². The molecular weight excluding hydrogens is 435 g/mol. The molecule has 1 N–H and O–H groups in total. The molecule has 0 spiro atoms. The molecular formula is C24H30Cl2N2O3. The number of carbonyl (C=O) groups excluding carboxylic acids is 2. The fraction of sp³-hybridized carbons (Fsp3) is 0.417. The van der Waals surface area contributed by atoms with Crippen LogP contribution in [0.15, 0.2) is 36.4 Å². The van der Waals surface area contributed by atoms with Gasteiger partial charge in [0.2, 0.25) is 5.91 Å². The summed E-state index contributed by atoms with van der Waals surface area (Å²) in [6.45, 7) is 9.43. The number of carbonyl (C=O) groups is 2. The van der Waals surface area contributed by atoms with E-state index in [0.717, 1.165) is 17.5 Å². The summed E-state index contributed by atoms with van der Waals surface area (Å²) < 4.78 is 5.80. The average molecular weight is 465 g/mol. The third-order valence-corrected chi connectivity index (χ3v) is 6.17. The minimum absolute atomic E-state index is 0.00185. The van der Waals surface area contributed by atoms with Crippen LogP contribution in [0.1, 0.15) is 43.9 Å². The highest BCUT2D eigenvalue weighted by Crippen LogP contribution is 2.27. The number of hydrogen-bond acceptors (Lipinski definition) is 3. The number of hydrogen-bond donors (Lipinski definition) is 1. The molecule has 5 nitrogen and oxygen atoms in total. The van der Waals surface area contributed by atoms with Gasteiger partial charge < -0.3 is 15.0 Å². The number of rotatable bonds is 9. The molecule has 2 aromatic carbocycles. The number of amides is 2. The number of halogens is 2. The summed E-state index contributed by atoms with van der Waals surface area (Å²) in [4.78, 5) is 27.4. The van der Waals surface area contributed by atoms with Crippen LogP contribution in [-0.4, -0.2) is 35.4 Å². The molecule has 0 unspecified atom stereocenters. The Morgan fingerprint density at radius 1 is 1.06 bits per heavy atom. The number of nitrogens with one attached hydrogen (secondary N) is 1. The van der Waals surface area contributed by atoms with Gasteiger partial charge in [0, 0.05) is 28.2 Å². The first kappa shape index (κ1) is 25.0. The lowest BCUT2D eigenvalue weighted by atomic mass is 10.1. The third-order valence-electron chi connectivity index (χ3n) is 5.46. The van der Waals surface area contributed by atoms with Crippen LogP contribution in [0.25, 0.3) is 0 Å². The van der Waals surface area contributed by atoms with Crippen LogP contribution in [0, 0.1) is 13.8 Å². The summed E-state index contributed by atoms with van der Waals surface area (Å²) in [6, 6.07) is 10.1. The van der Waals surface area contributed by atoms with Gasteiger partial charge in [0.15, 0.2) is 6.61 Å². The molecule has 0 fully saturated rings. The largest absolute Gasteiger partial charge is 0.483 e. The highest BCUT2D eigenvalue weighted by molar-refractivity contribution is 6.36. The Bertz CT molecular complexity index is 913. The van der Waals surface area contributed by atoms with E-state index >= 15 is 0 Å². The van der Waals surface area contributed by atoms with Gasteiger partial charge in [-0.25, -0.2) is 0 Å². The van der Waals surface area contributed by atoms with Crippen molar-refractivity contribution in [1.29, 1.82) is 0 Å². The van der Waals surface area contributed by atoms with Gasteiger partial charge in [0.25, 0.3) is 5.91 Å². The molecule has 0 saturated carbocycles. The van der Waals surface area contributed by atoms with E-state index in [4.69, 9.17) is 27.9 Å². The average Bonchev–Trinajstić information content (AvgIpc) is 2.73. The van der Waals surface area contributed by atoms with Gasteiger partial charge in [-0.3, -0.25) is 9.59 Å². The molecule has 0 bridgehead atoms. The van der Waals surface area contributed by atoms with E-state index in [0.29, 0.717) is 21.4 Å². The van der Waals surface area contributed by atoms with Crippen molar-refractivity contribution >= 4 is 35.0 Å². The van der Waals surface area contributed by atoms with Crippen molar-refractivity contribution in [2.24, 2.45) is 0 Å². The fourth-order valence-electron chi connectivity index (χ4n) is 3.00. The second kappa shape index (κ2) is 11.4. The summed E-state index contributed by atoms with van der Waals surface area (Å²) in [7, 11) is 0. The second-order valence-corrected chi connectivity index (χ2v) is 8.52. The number of nitrogens with zero attached hydrogens (tertiary/aromatic N) is 1. The van der Waals surface area contributed by atoms with Crippen molar-refractivity contribution in [3.63, 3.8) is 0 Å². The van der Waals surface area contributed by atoms with E-state index < -0.39 is 6.04 Å². The fourth-order valence-corrected chi connectivity index (χ4v) is 3.52. The maximum atomic E-state index is 13.2. The molecule has 0 radical (unpaired) electrons. The van der Waals surface area contributed by atoms with Crippen LogP contribution < -0.4 is 10.1 Å². The van der Waals surface area contributed by atoms with Gasteiger partial charge in [-0.15, -0.1) is 0 Å². The first-order valence-electron chi connectivity index (χ1n) is 10.4. The number of aryl methyl sites for hydroxylation is 1. The first-order chi connectivity index (χ1) is 14.6. The second-order valence-electron chi connectivity index (χ2n) is 7.70. The Labute approximate surface area is 194 Å². The Hall–Kier alpha value is -2.24. The molecule has 0 saturated heterocycles. The minimum Gasteiger partial charge on any atom is -0.483 e.